The Labute approximate surface area is 76.3 Å². The molecule has 12 heavy (non-hydrogen) atoms. The minimum absolute atomic E-state index is 0.575. The summed E-state index contributed by atoms with van der Waals surface area (Å²) >= 11 is 0. The zero-order valence-corrected chi connectivity index (χ0v) is 9.35. The largest absolute Gasteiger partial charge is 0.458 e. The van der Waals surface area contributed by atoms with E-state index in [0.29, 0.717) is 6.61 Å². The highest BCUT2D eigenvalue weighted by Crippen LogP contribution is 2.24. The minimum atomic E-state index is -1.06. The molecule has 0 aliphatic rings. The van der Waals surface area contributed by atoms with Crippen LogP contribution in [0.2, 0.25) is 24.2 Å². The highest BCUT2D eigenvalue weighted by Gasteiger charge is 2.25. The lowest BCUT2D eigenvalue weighted by Crippen LogP contribution is -2.32. The molecule has 0 bridgehead atoms. The average Bonchev–Trinajstić information content (AvgIpc) is 2.14. The molecule has 0 fully saturated rings. The van der Waals surface area contributed by atoms with Crippen molar-refractivity contribution in [3.63, 3.8) is 0 Å². The lowest BCUT2D eigenvalue weighted by Gasteiger charge is -2.27. The molecule has 0 saturated carbocycles. The van der Waals surface area contributed by atoms with Gasteiger partial charge in [0.15, 0.2) is 0 Å². The van der Waals surface area contributed by atoms with Crippen LogP contribution in [0.3, 0.4) is 0 Å². The minimum Gasteiger partial charge on any atom is -0.458 e. The maximum atomic E-state index is 9.82. The van der Waals surface area contributed by atoms with Crippen molar-refractivity contribution in [3.8, 4) is 0 Å². The molecule has 0 atom stereocenters. The van der Waals surface area contributed by atoms with Crippen molar-refractivity contribution < 1.29 is 9.53 Å². The number of hydrogen-bond donors (Lipinski definition) is 0. The van der Waals surface area contributed by atoms with Crippen molar-refractivity contribution >= 4 is 14.5 Å². The lowest BCUT2D eigenvalue weighted by atomic mass is 10.8. The monoisotopic (exact) mass is 187 g/mol. The summed E-state index contributed by atoms with van der Waals surface area (Å²) in [4.78, 5) is 9.82. The highest BCUT2D eigenvalue weighted by molar-refractivity contribution is 6.79. The Morgan fingerprint density at radius 1 is 1.17 bits per heavy atom. The second kappa shape index (κ2) is 6.23. The first-order valence-corrected chi connectivity index (χ1v) is 7.56. The molecule has 2 nitrogen and oxygen atoms in total. The van der Waals surface area contributed by atoms with E-state index in [1.165, 1.54) is 24.6 Å². The van der Waals surface area contributed by atoms with Gasteiger partial charge in [0, 0.05) is 0 Å². The Morgan fingerprint density at radius 3 is 2.00 bits per heavy atom. The Bertz CT molecular complexity index is 113. The van der Waals surface area contributed by atoms with Crippen LogP contribution in [-0.4, -0.2) is 21.2 Å². The standard InChI is InChI=1S/C9H19O2Si/c1-4-12(5-2,6-3)8-7-11-9-10/h4-8H2,1-3H3. The van der Waals surface area contributed by atoms with Gasteiger partial charge < -0.3 is 4.74 Å². The smallest absolute Gasteiger partial charge is 0.417 e. The fourth-order valence-corrected chi connectivity index (χ4v) is 4.69. The molecule has 0 heterocycles. The number of carbonyl (C=O) groups excluding carboxylic acids is 1. The molecular formula is C9H19O2Si. The number of hydrogen-bond acceptors (Lipinski definition) is 2. The fraction of sp³-hybridized carbons (Fsp3) is 0.889. The van der Waals surface area contributed by atoms with Crippen LogP contribution < -0.4 is 0 Å². The van der Waals surface area contributed by atoms with E-state index < -0.39 is 8.07 Å². The molecule has 0 aliphatic carbocycles. The van der Waals surface area contributed by atoms with Crippen LogP contribution in [0.1, 0.15) is 20.8 Å². The second-order valence-corrected chi connectivity index (χ2v) is 8.86. The van der Waals surface area contributed by atoms with E-state index in [2.05, 4.69) is 25.5 Å². The van der Waals surface area contributed by atoms with Gasteiger partial charge in [0.05, 0.1) is 14.7 Å². The van der Waals surface area contributed by atoms with Crippen molar-refractivity contribution in [1.29, 1.82) is 0 Å². The zero-order valence-electron chi connectivity index (χ0n) is 8.35. The predicted octanol–water partition coefficient (Wildman–Crippen LogP) is 2.58. The van der Waals surface area contributed by atoms with Gasteiger partial charge in [0.25, 0.3) is 0 Å². The van der Waals surface area contributed by atoms with E-state index in [-0.39, 0.29) is 0 Å². The molecule has 0 unspecified atom stereocenters. The Morgan fingerprint density at radius 2 is 1.67 bits per heavy atom. The van der Waals surface area contributed by atoms with E-state index in [0.717, 1.165) is 6.04 Å². The molecule has 0 amide bonds. The summed E-state index contributed by atoms with van der Waals surface area (Å²) in [7, 11) is -1.06. The van der Waals surface area contributed by atoms with Gasteiger partial charge in [-0.15, -0.1) is 0 Å². The summed E-state index contributed by atoms with van der Waals surface area (Å²) in [6.07, 6.45) is 0. The SMILES string of the molecule is CC[Si](CC)(CC)CCO[C]=O. The van der Waals surface area contributed by atoms with E-state index in [1.54, 1.807) is 0 Å². The Kier molecular flexibility index (Phi) is 6.07. The van der Waals surface area contributed by atoms with Gasteiger partial charge in [-0.1, -0.05) is 38.9 Å². The normalized spacial score (nSPS) is 11.2. The first-order chi connectivity index (χ1) is 5.74. The van der Waals surface area contributed by atoms with E-state index in [1.807, 2.05) is 0 Å². The first-order valence-electron chi connectivity index (χ1n) is 4.73. The third-order valence-electron chi connectivity index (χ3n) is 3.04. The van der Waals surface area contributed by atoms with Crippen LogP contribution in [0.15, 0.2) is 0 Å². The van der Waals surface area contributed by atoms with Gasteiger partial charge in [-0.25, -0.2) is 4.79 Å². The van der Waals surface area contributed by atoms with Gasteiger partial charge in [-0.05, 0) is 6.04 Å². The molecule has 0 N–H and O–H groups in total. The maximum absolute atomic E-state index is 9.82. The highest BCUT2D eigenvalue weighted by atomic mass is 28.3. The summed E-state index contributed by atoms with van der Waals surface area (Å²) in [6, 6.07) is 4.98. The number of rotatable bonds is 7. The summed E-state index contributed by atoms with van der Waals surface area (Å²) in [6.45, 7) is 8.82. The molecule has 0 saturated heterocycles. The van der Waals surface area contributed by atoms with E-state index >= 15 is 0 Å². The molecule has 0 rings (SSSR count). The molecule has 1 radical (unpaired) electrons. The topological polar surface area (TPSA) is 26.3 Å². The molecule has 0 aliphatic heterocycles. The van der Waals surface area contributed by atoms with Gasteiger partial charge in [-0.3, -0.25) is 0 Å². The summed E-state index contributed by atoms with van der Waals surface area (Å²) < 4.78 is 4.62. The zero-order chi connectivity index (χ0) is 9.45. The predicted molar refractivity (Wildman–Crippen MR) is 53.6 cm³/mol. The molecule has 0 spiro atoms. The van der Waals surface area contributed by atoms with Crippen molar-refractivity contribution in [2.45, 2.75) is 44.9 Å². The van der Waals surface area contributed by atoms with Crippen LogP contribution in [0.5, 0.6) is 0 Å². The van der Waals surface area contributed by atoms with Crippen LogP contribution in [-0.2, 0) is 9.53 Å². The van der Waals surface area contributed by atoms with Crippen LogP contribution >= 0.6 is 0 Å². The second-order valence-electron chi connectivity index (χ2n) is 3.24. The van der Waals surface area contributed by atoms with Gasteiger partial charge in [-0.2, -0.15) is 0 Å². The van der Waals surface area contributed by atoms with Crippen LogP contribution in [0.25, 0.3) is 0 Å². The molecule has 3 heteroatoms. The molecule has 0 aromatic carbocycles. The van der Waals surface area contributed by atoms with Crippen molar-refractivity contribution in [1.82, 2.24) is 0 Å². The Balaban J connectivity index is 3.84. The molecule has 0 aromatic rings. The third kappa shape index (κ3) is 3.39. The molecule has 0 aromatic heterocycles. The lowest BCUT2D eigenvalue weighted by molar-refractivity contribution is 0.294. The fourth-order valence-electron chi connectivity index (χ4n) is 1.59. The van der Waals surface area contributed by atoms with Gasteiger partial charge >= 0.3 is 6.47 Å². The van der Waals surface area contributed by atoms with Gasteiger partial charge in [0.1, 0.15) is 0 Å². The quantitative estimate of drug-likeness (QED) is 0.452. The van der Waals surface area contributed by atoms with E-state index in [9.17, 15) is 4.79 Å². The van der Waals surface area contributed by atoms with Crippen molar-refractivity contribution in [2.24, 2.45) is 0 Å². The molecule has 71 valence electrons. The summed E-state index contributed by atoms with van der Waals surface area (Å²) in [5.41, 5.74) is 0. The van der Waals surface area contributed by atoms with Crippen LogP contribution in [0.4, 0.5) is 0 Å². The van der Waals surface area contributed by atoms with Crippen LogP contribution in [0, 0.1) is 0 Å². The maximum Gasteiger partial charge on any atom is 0.417 e. The van der Waals surface area contributed by atoms with E-state index in [4.69, 9.17) is 0 Å². The summed E-state index contributed by atoms with van der Waals surface area (Å²) in [5.74, 6) is 0. The van der Waals surface area contributed by atoms with Gasteiger partial charge in [0.2, 0.25) is 0 Å². The number of ether oxygens (including phenoxy) is 1. The third-order valence-corrected chi connectivity index (χ3v) is 8.81. The van der Waals surface area contributed by atoms with Crippen molar-refractivity contribution in [3.05, 3.63) is 0 Å². The molecular weight excluding hydrogens is 168 g/mol. The summed E-state index contributed by atoms with van der Waals surface area (Å²) in [5, 5.41) is 0. The average molecular weight is 187 g/mol. The van der Waals surface area contributed by atoms with Crippen molar-refractivity contribution in [2.75, 3.05) is 6.61 Å². The Hall–Kier alpha value is -0.313. The first kappa shape index (κ1) is 11.7.